The molecule has 0 radical (unpaired) electrons. The predicted octanol–water partition coefficient (Wildman–Crippen LogP) is 3.96. The Hall–Kier alpha value is -2.89. The van der Waals surface area contributed by atoms with Gasteiger partial charge in [-0.3, -0.25) is 4.79 Å². The van der Waals surface area contributed by atoms with Gasteiger partial charge in [0.2, 0.25) is 0 Å². The zero-order valence-corrected chi connectivity index (χ0v) is 17.1. The molecular formula is C22H27N3O3. The number of hydrogen-bond donors (Lipinski definition) is 1. The number of aromatic nitrogens is 1. The largest absolute Gasteiger partial charge is 0.496 e. The number of nitrogens with zero attached hydrogens (tertiary/aromatic N) is 2. The van der Waals surface area contributed by atoms with Crippen LogP contribution >= 0.6 is 0 Å². The molecule has 0 saturated heterocycles. The normalized spacial score (nSPS) is 18.2. The van der Waals surface area contributed by atoms with Crippen LogP contribution in [0.5, 0.6) is 5.75 Å². The Morgan fingerprint density at radius 2 is 1.93 bits per heavy atom. The van der Waals surface area contributed by atoms with Gasteiger partial charge >= 0.3 is 5.97 Å². The number of carbonyl (C=O) groups is 1. The lowest BCUT2D eigenvalue weighted by atomic mass is 9.75. The summed E-state index contributed by atoms with van der Waals surface area (Å²) in [5, 5.41) is 0. The van der Waals surface area contributed by atoms with Crippen molar-refractivity contribution in [3.05, 3.63) is 46.6 Å². The molecule has 0 aliphatic carbocycles. The smallest absolute Gasteiger partial charge is 0.315 e. The van der Waals surface area contributed by atoms with Gasteiger partial charge in [0.05, 0.1) is 13.7 Å². The molecule has 2 heterocycles. The molecule has 1 aliphatic rings. The number of para-hydroxylation sites is 1. The zero-order valence-electron chi connectivity index (χ0n) is 17.1. The van der Waals surface area contributed by atoms with Crippen LogP contribution in [-0.2, 0) is 16.0 Å². The van der Waals surface area contributed by atoms with Crippen LogP contribution in [0.3, 0.4) is 0 Å². The Balaban J connectivity index is 2.33. The van der Waals surface area contributed by atoms with Gasteiger partial charge in [0.25, 0.3) is 0 Å². The zero-order chi connectivity index (χ0) is 20.4. The first-order valence-electron chi connectivity index (χ1n) is 9.58. The van der Waals surface area contributed by atoms with Crippen LogP contribution in [0.25, 0.3) is 0 Å². The quantitative estimate of drug-likeness (QED) is 0.792. The molecule has 0 saturated carbocycles. The van der Waals surface area contributed by atoms with Crippen molar-refractivity contribution in [3.63, 3.8) is 0 Å². The lowest BCUT2D eigenvalue weighted by molar-refractivity contribution is -0.146. The number of hydrogen-bond acceptors (Lipinski definition) is 6. The van der Waals surface area contributed by atoms with Crippen LogP contribution in [0.15, 0.2) is 29.3 Å². The van der Waals surface area contributed by atoms with Gasteiger partial charge in [0.15, 0.2) is 5.82 Å². The Morgan fingerprint density at radius 1 is 1.21 bits per heavy atom. The summed E-state index contributed by atoms with van der Waals surface area (Å²) in [6.07, 6.45) is 0.762. The molecule has 1 aromatic heterocycles. The monoisotopic (exact) mass is 381 g/mol. The average molecular weight is 381 g/mol. The molecule has 2 N–H and O–H groups in total. The van der Waals surface area contributed by atoms with Gasteiger partial charge in [-0.15, -0.1) is 0 Å². The van der Waals surface area contributed by atoms with Gasteiger partial charge in [0, 0.05) is 34.1 Å². The molecule has 2 unspecified atom stereocenters. The summed E-state index contributed by atoms with van der Waals surface area (Å²) in [6, 6.07) is 7.67. The molecule has 2 atom stereocenters. The average Bonchev–Trinajstić information content (AvgIpc) is 2.69. The topological polar surface area (TPSA) is 86.8 Å². The van der Waals surface area contributed by atoms with Crippen molar-refractivity contribution in [1.29, 1.82) is 0 Å². The highest BCUT2D eigenvalue weighted by Crippen LogP contribution is 2.48. The van der Waals surface area contributed by atoms with Crippen molar-refractivity contribution in [2.24, 2.45) is 10.9 Å². The van der Waals surface area contributed by atoms with Gasteiger partial charge in [0.1, 0.15) is 11.7 Å². The molecule has 1 aromatic carbocycles. The second-order valence-electron chi connectivity index (χ2n) is 6.89. The summed E-state index contributed by atoms with van der Waals surface area (Å²) in [6.45, 7) is 7.95. The van der Waals surface area contributed by atoms with Crippen LogP contribution in [0.2, 0.25) is 0 Å². The number of methoxy groups -OCH3 is 1. The fourth-order valence-electron chi connectivity index (χ4n) is 3.93. The number of nitrogen functional groups attached to an aromatic ring is 1. The van der Waals surface area contributed by atoms with Gasteiger partial charge in [-0.1, -0.05) is 25.1 Å². The van der Waals surface area contributed by atoms with Crippen LogP contribution in [0, 0.1) is 12.8 Å². The maximum atomic E-state index is 12.9. The summed E-state index contributed by atoms with van der Waals surface area (Å²) in [4.78, 5) is 22.3. The predicted molar refractivity (Wildman–Crippen MR) is 110 cm³/mol. The highest BCUT2D eigenvalue weighted by atomic mass is 16.5. The van der Waals surface area contributed by atoms with E-state index in [-0.39, 0.29) is 11.9 Å². The van der Waals surface area contributed by atoms with E-state index in [0.29, 0.717) is 29.6 Å². The third-order valence-corrected chi connectivity index (χ3v) is 5.33. The maximum Gasteiger partial charge on any atom is 0.315 e. The number of benzene rings is 1. The van der Waals surface area contributed by atoms with Crippen molar-refractivity contribution in [1.82, 2.24) is 4.98 Å². The minimum atomic E-state index is -0.584. The number of ether oxygens (including phenoxy) is 2. The van der Waals surface area contributed by atoms with Gasteiger partial charge in [-0.25, -0.2) is 9.98 Å². The van der Waals surface area contributed by atoms with E-state index >= 15 is 0 Å². The number of carbonyl (C=O) groups excluding carboxylic acids is 1. The van der Waals surface area contributed by atoms with Gasteiger partial charge in [-0.05, 0) is 38.8 Å². The molecule has 28 heavy (non-hydrogen) atoms. The number of anilines is 1. The van der Waals surface area contributed by atoms with Crippen molar-refractivity contribution >= 4 is 23.2 Å². The second kappa shape index (κ2) is 8.00. The first-order valence-corrected chi connectivity index (χ1v) is 9.58. The summed E-state index contributed by atoms with van der Waals surface area (Å²) < 4.78 is 11.0. The van der Waals surface area contributed by atoms with Crippen LogP contribution < -0.4 is 10.5 Å². The number of nitrogens with two attached hydrogens (primary N) is 1. The van der Waals surface area contributed by atoms with Crippen LogP contribution in [0.4, 0.5) is 11.5 Å². The van der Waals surface area contributed by atoms with E-state index in [1.807, 2.05) is 45.0 Å². The lowest BCUT2D eigenvalue weighted by Gasteiger charge is -2.33. The minimum Gasteiger partial charge on any atom is -0.496 e. The summed E-state index contributed by atoms with van der Waals surface area (Å²) in [5.41, 5.74) is 11.4. The van der Waals surface area contributed by atoms with Crippen molar-refractivity contribution in [2.75, 3.05) is 19.5 Å². The first kappa shape index (κ1) is 19.9. The molecule has 0 amide bonds. The molecule has 2 aromatic rings. The number of fused-ring (bicyclic) bond motifs is 1. The molecule has 0 spiro atoms. The van der Waals surface area contributed by atoms with E-state index in [1.54, 1.807) is 14.0 Å². The fraction of sp³-hybridized carbons (Fsp3) is 0.409. The molecule has 148 valence electrons. The third kappa shape index (κ3) is 3.23. The molecule has 1 aliphatic heterocycles. The van der Waals surface area contributed by atoms with E-state index in [1.165, 1.54) is 0 Å². The van der Waals surface area contributed by atoms with Crippen LogP contribution in [0.1, 0.15) is 49.1 Å². The third-order valence-electron chi connectivity index (χ3n) is 5.33. The molecular weight excluding hydrogens is 354 g/mol. The number of esters is 1. The summed E-state index contributed by atoms with van der Waals surface area (Å²) >= 11 is 0. The lowest BCUT2D eigenvalue weighted by Crippen LogP contribution is -2.34. The van der Waals surface area contributed by atoms with Gasteiger partial charge < -0.3 is 15.2 Å². The number of rotatable bonds is 5. The molecule has 3 rings (SSSR count). The van der Waals surface area contributed by atoms with E-state index in [2.05, 4.69) is 4.99 Å². The Kier molecular flexibility index (Phi) is 5.68. The SMILES string of the molecule is CCOC(=O)C1C(C)=Nc2nc(CC)c(C)c(N)c2C1c1ccccc1OC. The summed E-state index contributed by atoms with van der Waals surface area (Å²) in [5.74, 6) is -0.00515. The molecule has 6 nitrogen and oxygen atoms in total. The Bertz CT molecular complexity index is 937. The number of aliphatic imine (C=N–C) groups is 1. The van der Waals surface area contributed by atoms with E-state index < -0.39 is 5.92 Å². The van der Waals surface area contributed by atoms with Gasteiger partial charge in [-0.2, -0.15) is 0 Å². The van der Waals surface area contributed by atoms with Crippen molar-refractivity contribution in [3.8, 4) is 5.75 Å². The van der Waals surface area contributed by atoms with E-state index in [4.69, 9.17) is 20.2 Å². The van der Waals surface area contributed by atoms with E-state index in [9.17, 15) is 4.79 Å². The second-order valence-corrected chi connectivity index (χ2v) is 6.89. The molecule has 0 fully saturated rings. The fourth-order valence-corrected chi connectivity index (χ4v) is 3.93. The van der Waals surface area contributed by atoms with Crippen molar-refractivity contribution < 1.29 is 14.3 Å². The standard InChI is InChI=1S/C22H27N3O3/c1-6-15-12(3)20(23)19-18(14-10-8-9-11-16(14)27-5)17(22(26)28-7-2)13(4)24-21(19)25-15/h8-11,17-18H,6-7H2,1-5H3,(H2,23,25). The van der Waals surface area contributed by atoms with Crippen LogP contribution in [-0.4, -0.2) is 30.4 Å². The maximum absolute atomic E-state index is 12.9. The highest BCUT2D eigenvalue weighted by Gasteiger charge is 2.42. The first-order chi connectivity index (χ1) is 13.4. The highest BCUT2D eigenvalue weighted by molar-refractivity contribution is 6.05. The van der Waals surface area contributed by atoms with Crippen molar-refractivity contribution in [2.45, 2.75) is 40.0 Å². The Labute approximate surface area is 165 Å². The number of aryl methyl sites for hydroxylation is 1. The molecule has 0 bridgehead atoms. The minimum absolute atomic E-state index is 0.301. The number of pyridine rings is 1. The molecule has 6 heteroatoms. The Morgan fingerprint density at radius 3 is 2.57 bits per heavy atom. The summed E-state index contributed by atoms with van der Waals surface area (Å²) in [7, 11) is 1.62. The van der Waals surface area contributed by atoms with E-state index in [0.717, 1.165) is 28.8 Å².